The van der Waals surface area contributed by atoms with E-state index in [0.29, 0.717) is 11.7 Å². The lowest BCUT2D eigenvalue weighted by Gasteiger charge is -2.22. The third-order valence-corrected chi connectivity index (χ3v) is 3.66. The van der Waals surface area contributed by atoms with Crippen LogP contribution in [0.3, 0.4) is 0 Å². The molecule has 25 heavy (non-hydrogen) atoms. The molecule has 0 aliphatic rings. The molecule has 0 aliphatic heterocycles. The number of alkyl halides is 2. The van der Waals surface area contributed by atoms with Crippen molar-refractivity contribution in [1.29, 1.82) is 0 Å². The number of benzene rings is 2. The summed E-state index contributed by atoms with van der Waals surface area (Å²) < 4.78 is 29.0. The first kappa shape index (κ1) is 18.9. The van der Waals surface area contributed by atoms with Crippen LogP contribution < -0.4 is 15.4 Å². The van der Waals surface area contributed by atoms with E-state index in [9.17, 15) is 8.78 Å². The van der Waals surface area contributed by atoms with E-state index in [1.54, 1.807) is 12.1 Å². The van der Waals surface area contributed by atoms with E-state index in [2.05, 4.69) is 21.9 Å². The average Bonchev–Trinajstić information content (AvgIpc) is 2.59. The van der Waals surface area contributed by atoms with E-state index >= 15 is 0 Å². The molecule has 2 rings (SSSR count). The first-order valence-electron chi connectivity index (χ1n) is 7.74. The smallest absolute Gasteiger partial charge is 0.387 e. The monoisotopic (exact) mass is 362 g/mol. The van der Waals surface area contributed by atoms with Gasteiger partial charge < -0.3 is 15.4 Å². The second kappa shape index (κ2) is 9.13. The third-order valence-electron chi connectivity index (χ3n) is 3.40. The summed E-state index contributed by atoms with van der Waals surface area (Å²) in [6.45, 7) is 3.48. The van der Waals surface area contributed by atoms with E-state index in [-0.39, 0.29) is 11.8 Å². The van der Waals surface area contributed by atoms with Crippen molar-refractivity contribution in [3.05, 3.63) is 77.9 Å². The molecule has 0 aromatic heterocycles. The Bertz CT molecular complexity index is 705. The Labute approximate surface area is 151 Å². The van der Waals surface area contributed by atoms with Crippen LogP contribution in [0.5, 0.6) is 5.75 Å². The molecule has 3 nitrogen and oxygen atoms in total. The van der Waals surface area contributed by atoms with Gasteiger partial charge in [-0.1, -0.05) is 54.6 Å². The van der Waals surface area contributed by atoms with E-state index in [4.69, 9.17) is 12.2 Å². The molecule has 0 saturated carbocycles. The van der Waals surface area contributed by atoms with Gasteiger partial charge in [-0.3, -0.25) is 0 Å². The Morgan fingerprint density at radius 2 is 1.68 bits per heavy atom. The molecule has 0 amide bonds. The highest BCUT2D eigenvalue weighted by atomic mass is 32.1. The van der Waals surface area contributed by atoms with Crippen LogP contribution >= 0.6 is 12.2 Å². The number of nitrogens with one attached hydrogen (secondary N) is 2. The van der Waals surface area contributed by atoms with Crippen molar-refractivity contribution in [3.63, 3.8) is 0 Å². The van der Waals surface area contributed by atoms with Gasteiger partial charge in [-0.05, 0) is 42.4 Å². The molecule has 0 heterocycles. The number of hydrogen-bond donors (Lipinski definition) is 2. The zero-order chi connectivity index (χ0) is 18.2. The van der Waals surface area contributed by atoms with Crippen molar-refractivity contribution in [2.24, 2.45) is 0 Å². The minimum absolute atomic E-state index is 0.119. The van der Waals surface area contributed by atoms with Crippen molar-refractivity contribution >= 4 is 17.3 Å². The van der Waals surface area contributed by atoms with Gasteiger partial charge in [0.15, 0.2) is 5.11 Å². The molecule has 0 radical (unpaired) electrons. The maximum Gasteiger partial charge on any atom is 0.387 e. The Morgan fingerprint density at radius 1 is 1.08 bits per heavy atom. The lowest BCUT2D eigenvalue weighted by molar-refractivity contribution is -0.0498. The molecule has 0 saturated heterocycles. The molecule has 1 atom stereocenters. The maximum absolute atomic E-state index is 12.3. The van der Waals surface area contributed by atoms with Gasteiger partial charge in [-0.2, -0.15) is 8.78 Å². The second-order valence-electron chi connectivity index (χ2n) is 5.58. The number of hydrogen-bond acceptors (Lipinski definition) is 2. The maximum atomic E-state index is 12.3. The van der Waals surface area contributed by atoms with Crippen molar-refractivity contribution in [2.75, 3.05) is 6.54 Å². The zero-order valence-electron chi connectivity index (χ0n) is 13.8. The summed E-state index contributed by atoms with van der Waals surface area (Å²) in [6, 6.07) is 16.0. The van der Waals surface area contributed by atoms with Crippen molar-refractivity contribution in [2.45, 2.75) is 19.6 Å². The Morgan fingerprint density at radius 3 is 2.24 bits per heavy atom. The van der Waals surface area contributed by atoms with Gasteiger partial charge >= 0.3 is 6.61 Å². The predicted octanol–water partition coefficient (Wildman–Crippen LogP) is 4.42. The van der Waals surface area contributed by atoms with Gasteiger partial charge in [-0.15, -0.1) is 0 Å². The normalized spacial score (nSPS) is 11.7. The van der Waals surface area contributed by atoms with Crippen LogP contribution in [0, 0.1) is 0 Å². The molecule has 0 unspecified atom stereocenters. The first-order chi connectivity index (χ1) is 12.0. The van der Waals surface area contributed by atoms with E-state index in [0.717, 1.165) is 16.7 Å². The molecule has 0 aliphatic carbocycles. The number of halogens is 2. The van der Waals surface area contributed by atoms with E-state index < -0.39 is 6.61 Å². The van der Waals surface area contributed by atoms with Gasteiger partial charge in [0, 0.05) is 6.54 Å². The number of rotatable bonds is 7. The highest BCUT2D eigenvalue weighted by Gasteiger charge is 2.15. The fraction of sp³-hybridized carbons (Fsp3) is 0.211. The minimum atomic E-state index is -2.84. The highest BCUT2D eigenvalue weighted by molar-refractivity contribution is 7.80. The third kappa shape index (κ3) is 6.15. The summed E-state index contributed by atoms with van der Waals surface area (Å²) in [5.41, 5.74) is 2.85. The number of thiocarbonyl (C=S) groups is 1. The van der Waals surface area contributed by atoms with Gasteiger partial charge in [0.1, 0.15) is 5.75 Å². The quantitative estimate of drug-likeness (QED) is 0.564. The fourth-order valence-corrected chi connectivity index (χ4v) is 2.45. The first-order valence-corrected chi connectivity index (χ1v) is 8.15. The van der Waals surface area contributed by atoms with Gasteiger partial charge in [0.25, 0.3) is 0 Å². The standard InChI is InChI=1S/C19H20F2N2OS/c1-13(2)12-22-19(25)23-17(14-6-4-3-5-7-14)15-8-10-16(11-9-15)24-18(20)21/h3-11,17-18H,1,12H2,2H3,(H2,22,23,25)/t17-/m1/s1. The van der Waals surface area contributed by atoms with E-state index in [1.165, 1.54) is 12.1 Å². The molecule has 2 aromatic rings. The predicted molar refractivity (Wildman–Crippen MR) is 99.9 cm³/mol. The van der Waals surface area contributed by atoms with Crippen molar-refractivity contribution < 1.29 is 13.5 Å². The van der Waals surface area contributed by atoms with Crippen LogP contribution in [-0.2, 0) is 0 Å². The summed E-state index contributed by atoms with van der Waals surface area (Å²) in [5.74, 6) is 0.119. The Kier molecular flexibility index (Phi) is 6.89. The molecule has 0 spiro atoms. The molecule has 2 aromatic carbocycles. The molecule has 2 N–H and O–H groups in total. The molecule has 132 valence electrons. The molecular formula is C19H20F2N2OS. The summed E-state index contributed by atoms with van der Waals surface area (Å²) in [7, 11) is 0. The van der Waals surface area contributed by atoms with Crippen LogP contribution in [0.2, 0.25) is 0 Å². The van der Waals surface area contributed by atoms with Crippen LogP contribution in [0.15, 0.2) is 66.7 Å². The van der Waals surface area contributed by atoms with Gasteiger partial charge in [0.05, 0.1) is 6.04 Å². The average molecular weight is 362 g/mol. The SMILES string of the molecule is C=C(C)CNC(=S)N[C@H](c1ccccc1)c1ccc(OC(F)F)cc1. The van der Waals surface area contributed by atoms with Gasteiger partial charge in [0.2, 0.25) is 0 Å². The van der Waals surface area contributed by atoms with E-state index in [1.807, 2.05) is 37.3 Å². The summed E-state index contributed by atoms with van der Waals surface area (Å²) >= 11 is 5.34. The Hall–Kier alpha value is -2.47. The number of ether oxygens (including phenoxy) is 1. The van der Waals surface area contributed by atoms with Crippen LogP contribution in [0.25, 0.3) is 0 Å². The zero-order valence-corrected chi connectivity index (χ0v) is 14.7. The lowest BCUT2D eigenvalue weighted by Crippen LogP contribution is -2.38. The lowest BCUT2D eigenvalue weighted by atomic mass is 9.99. The highest BCUT2D eigenvalue weighted by Crippen LogP contribution is 2.24. The Balaban J connectivity index is 2.20. The molecule has 0 fully saturated rings. The van der Waals surface area contributed by atoms with Gasteiger partial charge in [-0.25, -0.2) is 0 Å². The molecule has 6 heteroatoms. The molecular weight excluding hydrogens is 342 g/mol. The second-order valence-corrected chi connectivity index (χ2v) is 5.98. The summed E-state index contributed by atoms with van der Waals surface area (Å²) in [5, 5.41) is 6.83. The van der Waals surface area contributed by atoms with Crippen molar-refractivity contribution in [3.8, 4) is 5.75 Å². The molecule has 0 bridgehead atoms. The van der Waals surface area contributed by atoms with Crippen LogP contribution in [0.4, 0.5) is 8.78 Å². The van der Waals surface area contributed by atoms with Crippen molar-refractivity contribution in [1.82, 2.24) is 10.6 Å². The topological polar surface area (TPSA) is 33.3 Å². The van der Waals surface area contributed by atoms with Crippen LogP contribution in [-0.4, -0.2) is 18.3 Å². The summed E-state index contributed by atoms with van der Waals surface area (Å²) in [6.07, 6.45) is 0. The largest absolute Gasteiger partial charge is 0.435 e. The van der Waals surface area contributed by atoms with Crippen LogP contribution in [0.1, 0.15) is 24.1 Å². The fourth-order valence-electron chi connectivity index (χ4n) is 2.26. The minimum Gasteiger partial charge on any atom is -0.435 e. The summed E-state index contributed by atoms with van der Waals surface area (Å²) in [4.78, 5) is 0.